The van der Waals surface area contributed by atoms with Gasteiger partial charge in [0, 0.05) is 24.8 Å². The third-order valence-corrected chi connectivity index (χ3v) is 4.38. The molecule has 1 heterocycles. The van der Waals surface area contributed by atoms with Gasteiger partial charge in [-0.15, -0.1) is 28.1 Å². The summed E-state index contributed by atoms with van der Waals surface area (Å²) < 4.78 is 0. The first kappa shape index (κ1) is 22.4. The molecule has 0 aliphatic carbocycles. The Morgan fingerprint density at radius 2 is 2.04 bits per heavy atom. The molecule has 26 heavy (non-hydrogen) atoms. The molecule has 148 valence electrons. The number of carbonyl (C=O) groups excluding carboxylic acids is 3. The van der Waals surface area contributed by atoms with Gasteiger partial charge in [-0.05, 0) is 19.3 Å². The number of carbonyl (C=O) groups is 3. The Balaban J connectivity index is 2.77. The van der Waals surface area contributed by atoms with Gasteiger partial charge in [0.15, 0.2) is 0 Å². The molecule has 0 bridgehead atoms. The van der Waals surface area contributed by atoms with Crippen LogP contribution in [0.25, 0.3) is 0 Å². The Kier molecular flexibility index (Phi) is 10.3. The number of hydrogen-bond acceptors (Lipinski definition) is 5. The topological polar surface area (TPSA) is 111 Å². The minimum absolute atomic E-state index is 0.0337. The molecule has 1 aliphatic rings. The Bertz CT molecular complexity index is 508. The van der Waals surface area contributed by atoms with Gasteiger partial charge >= 0.3 is 6.03 Å². The van der Waals surface area contributed by atoms with Crippen molar-refractivity contribution in [1.82, 2.24) is 20.5 Å². The number of nitrogens with one attached hydrogen (secondary N) is 2. The fraction of sp³-hybridized carbons (Fsp3) is 0.800. The monoisotopic (exact) mass is 409 g/mol. The summed E-state index contributed by atoms with van der Waals surface area (Å²) in [5.74, 6) is -0.401. The second kappa shape index (κ2) is 11.9. The molecule has 0 unspecified atom stereocenters. The van der Waals surface area contributed by atoms with Crippen LogP contribution in [-0.4, -0.2) is 71.2 Å². The summed E-state index contributed by atoms with van der Waals surface area (Å²) >= 11 is 11.1. The van der Waals surface area contributed by atoms with E-state index in [1.54, 1.807) is 0 Å². The molecule has 9 nitrogen and oxygen atoms in total. The van der Waals surface area contributed by atoms with Gasteiger partial charge < -0.3 is 15.5 Å². The summed E-state index contributed by atoms with van der Waals surface area (Å²) in [5, 5.41) is 8.72. The third kappa shape index (κ3) is 6.28. The molecular weight excluding hydrogens is 385 g/mol. The smallest absolute Gasteiger partial charge is 0.343 e. The second-order valence-electron chi connectivity index (χ2n) is 5.86. The van der Waals surface area contributed by atoms with E-state index in [1.165, 1.54) is 4.90 Å². The summed E-state index contributed by atoms with van der Waals surface area (Å²) in [6.07, 6.45) is 2.24. The molecule has 1 aliphatic heterocycles. The first-order valence-electron chi connectivity index (χ1n) is 8.61. The van der Waals surface area contributed by atoms with Crippen LogP contribution in [0.5, 0.6) is 0 Å². The lowest BCUT2D eigenvalue weighted by Gasteiger charge is -2.28. The van der Waals surface area contributed by atoms with Crippen LogP contribution < -0.4 is 10.6 Å². The largest absolute Gasteiger partial charge is 0.353 e. The van der Waals surface area contributed by atoms with Crippen molar-refractivity contribution in [2.45, 2.75) is 44.7 Å². The molecule has 2 N–H and O–H groups in total. The molecule has 0 aromatic rings. The molecule has 1 fully saturated rings. The van der Waals surface area contributed by atoms with Crippen LogP contribution in [0.1, 0.15) is 32.6 Å². The highest BCUT2D eigenvalue weighted by molar-refractivity contribution is 6.18. The molecule has 0 aromatic carbocycles. The highest BCUT2D eigenvalue weighted by atomic mass is 35.5. The highest BCUT2D eigenvalue weighted by Crippen LogP contribution is 2.20. The van der Waals surface area contributed by atoms with Crippen LogP contribution in [0.2, 0.25) is 0 Å². The molecule has 0 radical (unpaired) electrons. The van der Waals surface area contributed by atoms with Crippen molar-refractivity contribution in [3.05, 3.63) is 4.91 Å². The minimum atomic E-state index is -0.748. The quantitative estimate of drug-likeness (QED) is 0.322. The predicted octanol–water partition coefficient (Wildman–Crippen LogP) is 1.43. The fourth-order valence-corrected chi connectivity index (χ4v) is 3.04. The van der Waals surface area contributed by atoms with Gasteiger partial charge in [-0.2, -0.15) is 5.01 Å². The van der Waals surface area contributed by atoms with E-state index in [2.05, 4.69) is 15.9 Å². The second-order valence-corrected chi connectivity index (χ2v) is 6.61. The predicted molar refractivity (Wildman–Crippen MR) is 98.9 cm³/mol. The van der Waals surface area contributed by atoms with Gasteiger partial charge in [0.05, 0.1) is 11.8 Å². The average molecular weight is 410 g/mol. The van der Waals surface area contributed by atoms with Gasteiger partial charge in [-0.1, -0.05) is 13.3 Å². The molecule has 2 atom stereocenters. The van der Waals surface area contributed by atoms with E-state index in [4.69, 9.17) is 23.2 Å². The number of urea groups is 1. The molecule has 0 spiro atoms. The summed E-state index contributed by atoms with van der Waals surface area (Å²) in [6, 6.07) is -2.10. The van der Waals surface area contributed by atoms with Crippen molar-refractivity contribution < 1.29 is 14.4 Å². The Hall–Kier alpha value is -1.61. The SMILES string of the molecule is CCC[C@H](NC(=O)[C@@H]1CCCN1C(=O)N(CCCl)N=O)C(=O)NCCCl. The van der Waals surface area contributed by atoms with Crippen LogP contribution >= 0.6 is 23.2 Å². The normalized spacial score (nSPS) is 17.5. The number of amides is 4. The molecule has 0 saturated carbocycles. The first-order chi connectivity index (χ1) is 12.5. The number of halogens is 2. The molecular formula is C15H25Cl2N5O4. The van der Waals surface area contributed by atoms with E-state index in [9.17, 15) is 19.3 Å². The van der Waals surface area contributed by atoms with Crippen LogP contribution in [0.15, 0.2) is 5.29 Å². The highest BCUT2D eigenvalue weighted by Gasteiger charge is 2.37. The zero-order valence-electron chi connectivity index (χ0n) is 14.7. The number of nitroso groups, excluding NO2 is 1. The average Bonchev–Trinajstić information content (AvgIpc) is 3.13. The minimum Gasteiger partial charge on any atom is -0.353 e. The molecule has 0 aromatic heterocycles. The zero-order valence-corrected chi connectivity index (χ0v) is 16.3. The lowest BCUT2D eigenvalue weighted by atomic mass is 10.1. The Morgan fingerprint density at radius 3 is 2.62 bits per heavy atom. The van der Waals surface area contributed by atoms with E-state index in [0.29, 0.717) is 43.8 Å². The first-order valence-corrected chi connectivity index (χ1v) is 9.68. The number of rotatable bonds is 10. The maximum atomic E-state index is 12.6. The van der Waals surface area contributed by atoms with Crippen LogP contribution in [0, 0.1) is 4.91 Å². The Morgan fingerprint density at radius 1 is 1.31 bits per heavy atom. The van der Waals surface area contributed by atoms with Gasteiger partial charge in [0.1, 0.15) is 12.1 Å². The van der Waals surface area contributed by atoms with E-state index in [0.717, 1.165) is 0 Å². The van der Waals surface area contributed by atoms with E-state index in [1.807, 2.05) is 6.92 Å². The van der Waals surface area contributed by atoms with Crippen molar-refractivity contribution in [2.24, 2.45) is 5.29 Å². The van der Waals surface area contributed by atoms with E-state index < -0.39 is 24.0 Å². The fourth-order valence-electron chi connectivity index (χ4n) is 2.79. The van der Waals surface area contributed by atoms with Crippen molar-refractivity contribution in [3.8, 4) is 0 Å². The summed E-state index contributed by atoms with van der Waals surface area (Å²) in [5.41, 5.74) is 0. The maximum absolute atomic E-state index is 12.6. The number of alkyl halides is 2. The number of hydrogen-bond donors (Lipinski definition) is 2. The summed E-state index contributed by atoms with van der Waals surface area (Å²) in [6.45, 7) is 2.51. The van der Waals surface area contributed by atoms with Crippen molar-refractivity contribution in [1.29, 1.82) is 0 Å². The van der Waals surface area contributed by atoms with Crippen molar-refractivity contribution >= 4 is 41.0 Å². The lowest BCUT2D eigenvalue weighted by molar-refractivity contribution is -0.131. The van der Waals surface area contributed by atoms with Crippen LogP contribution in [0.3, 0.4) is 0 Å². The van der Waals surface area contributed by atoms with E-state index >= 15 is 0 Å². The molecule has 4 amide bonds. The zero-order chi connectivity index (χ0) is 19.5. The van der Waals surface area contributed by atoms with E-state index in [-0.39, 0.29) is 24.2 Å². The molecule has 11 heteroatoms. The van der Waals surface area contributed by atoms with Gasteiger partial charge in [-0.3, -0.25) is 9.59 Å². The van der Waals surface area contributed by atoms with Gasteiger partial charge in [-0.25, -0.2) is 4.79 Å². The standard InChI is InChI=1S/C15H25Cl2N5O4/c1-2-4-11(13(23)18-8-6-16)19-14(24)12-5-3-9-21(12)15(25)22(20-26)10-7-17/h11-12H,2-10H2,1H3,(H,18,23)(H,19,24)/t11-,12-/m0/s1. The summed E-state index contributed by atoms with van der Waals surface area (Å²) in [7, 11) is 0. The van der Waals surface area contributed by atoms with Crippen LogP contribution in [-0.2, 0) is 9.59 Å². The lowest BCUT2D eigenvalue weighted by Crippen LogP contribution is -2.54. The van der Waals surface area contributed by atoms with Gasteiger partial charge in [0.2, 0.25) is 11.8 Å². The molecule has 1 rings (SSSR count). The molecule has 1 saturated heterocycles. The number of likely N-dealkylation sites (tertiary alicyclic amines) is 1. The number of nitrogens with zero attached hydrogens (tertiary/aromatic N) is 3. The maximum Gasteiger partial charge on any atom is 0.343 e. The van der Waals surface area contributed by atoms with Crippen molar-refractivity contribution in [3.63, 3.8) is 0 Å². The summed E-state index contributed by atoms with van der Waals surface area (Å²) in [4.78, 5) is 49.3. The third-order valence-electron chi connectivity index (χ3n) is 4.02. The Labute approximate surface area is 162 Å². The van der Waals surface area contributed by atoms with Crippen molar-refractivity contribution in [2.75, 3.05) is 31.4 Å². The van der Waals surface area contributed by atoms with Crippen LogP contribution in [0.4, 0.5) is 4.79 Å². The van der Waals surface area contributed by atoms with Gasteiger partial charge in [0.25, 0.3) is 0 Å².